The van der Waals surface area contributed by atoms with Gasteiger partial charge in [0.05, 0.1) is 5.70 Å². The van der Waals surface area contributed by atoms with E-state index in [0.717, 1.165) is 18.5 Å². The molecular weight excluding hydrogens is 146 g/mol. The average molecular weight is 165 g/mol. The maximum absolute atomic E-state index is 4.37. The van der Waals surface area contributed by atoms with Gasteiger partial charge < -0.3 is 0 Å². The number of aliphatic imine (C=N–C) groups is 1. The molecule has 0 aliphatic carbocycles. The van der Waals surface area contributed by atoms with Crippen LogP contribution in [-0.4, -0.2) is 6.21 Å². The van der Waals surface area contributed by atoms with Crippen molar-refractivity contribution in [1.29, 1.82) is 0 Å². The molecule has 0 aromatic rings. The lowest BCUT2D eigenvalue weighted by atomic mass is 10.2. The van der Waals surface area contributed by atoms with E-state index in [0.29, 0.717) is 0 Å². The van der Waals surface area contributed by atoms with Crippen LogP contribution < -0.4 is 0 Å². The second-order valence-electron chi connectivity index (χ2n) is 2.74. The minimum absolute atomic E-state index is 0.998. The number of allylic oxidation sites excluding steroid dienone is 3. The van der Waals surface area contributed by atoms with Gasteiger partial charge in [-0.2, -0.15) is 0 Å². The average Bonchev–Trinajstić information content (AvgIpc) is 2.11. The fraction of sp³-hybridized carbons (Fsp3) is 0.545. The van der Waals surface area contributed by atoms with E-state index in [1.54, 1.807) is 0 Å². The Morgan fingerprint density at radius 1 is 1.33 bits per heavy atom. The van der Waals surface area contributed by atoms with Crippen molar-refractivity contribution < 1.29 is 0 Å². The highest BCUT2D eigenvalue weighted by Gasteiger charge is 1.92. The van der Waals surface area contributed by atoms with Gasteiger partial charge in [0, 0.05) is 6.21 Å². The normalized spacial score (nSPS) is 14.3. The van der Waals surface area contributed by atoms with Gasteiger partial charge in [-0.05, 0) is 38.3 Å². The van der Waals surface area contributed by atoms with E-state index >= 15 is 0 Å². The summed E-state index contributed by atoms with van der Waals surface area (Å²) < 4.78 is 0. The second-order valence-corrected chi connectivity index (χ2v) is 2.74. The summed E-state index contributed by atoms with van der Waals surface area (Å²) in [6.07, 6.45) is 8.11. The molecule has 0 saturated carbocycles. The molecule has 0 aliphatic heterocycles. The molecule has 0 saturated heterocycles. The predicted octanol–water partition coefficient (Wildman–Crippen LogP) is 3.73. The minimum atomic E-state index is 0.998. The molecule has 0 radical (unpaired) electrons. The second kappa shape index (κ2) is 6.84. The zero-order valence-corrected chi connectivity index (χ0v) is 8.59. The highest BCUT2D eigenvalue weighted by atomic mass is 14.7. The van der Waals surface area contributed by atoms with Crippen molar-refractivity contribution in [1.82, 2.24) is 0 Å². The van der Waals surface area contributed by atoms with E-state index in [1.807, 2.05) is 19.2 Å². The van der Waals surface area contributed by atoms with Gasteiger partial charge in [0.1, 0.15) is 0 Å². The fourth-order valence-corrected chi connectivity index (χ4v) is 0.824. The van der Waals surface area contributed by atoms with E-state index in [2.05, 4.69) is 31.8 Å². The fourth-order valence-electron chi connectivity index (χ4n) is 0.824. The zero-order chi connectivity index (χ0) is 9.40. The first-order valence-electron chi connectivity index (χ1n) is 4.61. The maximum atomic E-state index is 4.37. The summed E-state index contributed by atoms with van der Waals surface area (Å²) in [4.78, 5) is 4.37. The first kappa shape index (κ1) is 11.2. The minimum Gasteiger partial charge on any atom is -0.261 e. The summed E-state index contributed by atoms with van der Waals surface area (Å²) in [6, 6.07) is 0. The molecule has 0 bridgehead atoms. The molecule has 0 heterocycles. The molecule has 1 heteroatoms. The number of nitrogens with zero attached hydrogens (tertiary/aromatic N) is 1. The predicted molar refractivity (Wildman–Crippen MR) is 56.6 cm³/mol. The van der Waals surface area contributed by atoms with Crippen molar-refractivity contribution in [3.05, 3.63) is 23.4 Å². The lowest BCUT2D eigenvalue weighted by Crippen LogP contribution is -1.81. The van der Waals surface area contributed by atoms with Gasteiger partial charge in [-0.25, -0.2) is 0 Å². The van der Waals surface area contributed by atoms with E-state index < -0.39 is 0 Å². The third kappa shape index (κ3) is 4.12. The molecule has 0 rings (SSSR count). The van der Waals surface area contributed by atoms with Crippen molar-refractivity contribution in [2.45, 2.75) is 40.5 Å². The summed E-state index contributed by atoms with van der Waals surface area (Å²) in [5.74, 6) is 0. The van der Waals surface area contributed by atoms with Crippen molar-refractivity contribution in [2.24, 2.45) is 4.99 Å². The van der Waals surface area contributed by atoms with Gasteiger partial charge in [0.2, 0.25) is 0 Å². The molecule has 0 spiro atoms. The van der Waals surface area contributed by atoms with Crippen LogP contribution >= 0.6 is 0 Å². The van der Waals surface area contributed by atoms with Crippen LogP contribution in [0.25, 0.3) is 0 Å². The van der Waals surface area contributed by atoms with Crippen molar-refractivity contribution in [3.63, 3.8) is 0 Å². The Bertz CT molecular complexity index is 197. The van der Waals surface area contributed by atoms with Gasteiger partial charge in [-0.15, -0.1) is 0 Å². The quantitative estimate of drug-likeness (QED) is 0.444. The summed E-state index contributed by atoms with van der Waals surface area (Å²) >= 11 is 0. The molecule has 0 unspecified atom stereocenters. The summed E-state index contributed by atoms with van der Waals surface area (Å²) in [5, 5.41) is 0. The van der Waals surface area contributed by atoms with Crippen molar-refractivity contribution in [3.8, 4) is 0 Å². The van der Waals surface area contributed by atoms with Crippen LogP contribution in [-0.2, 0) is 0 Å². The Morgan fingerprint density at radius 2 is 2.00 bits per heavy atom. The van der Waals surface area contributed by atoms with E-state index in [1.165, 1.54) is 5.57 Å². The number of hydrogen-bond donors (Lipinski definition) is 0. The Labute approximate surface area is 75.9 Å². The van der Waals surface area contributed by atoms with Crippen molar-refractivity contribution >= 4 is 6.21 Å². The van der Waals surface area contributed by atoms with Crippen LogP contribution in [0, 0.1) is 0 Å². The summed E-state index contributed by atoms with van der Waals surface area (Å²) in [5.41, 5.74) is 2.46. The third-order valence-corrected chi connectivity index (χ3v) is 1.71. The highest BCUT2D eigenvalue weighted by molar-refractivity contribution is 5.59. The molecule has 0 amide bonds. The molecule has 68 valence electrons. The Balaban J connectivity index is 4.53. The molecule has 0 N–H and O–H groups in total. The standard InChI is InChI=1S/C11H19N/c1-5-8-11(10(4)7-3)12-9-6-2/h5,8-9H,6-7H2,1-4H3/b8-5-,11-10-,12-9?. The largest absolute Gasteiger partial charge is 0.261 e. The smallest absolute Gasteiger partial charge is 0.0611 e. The van der Waals surface area contributed by atoms with Crippen LogP contribution in [0.2, 0.25) is 0 Å². The molecule has 0 atom stereocenters. The third-order valence-electron chi connectivity index (χ3n) is 1.71. The molecule has 0 fully saturated rings. The molecule has 0 aromatic carbocycles. The van der Waals surface area contributed by atoms with Gasteiger partial charge in [-0.3, -0.25) is 4.99 Å². The first-order chi connectivity index (χ1) is 5.76. The monoisotopic (exact) mass is 165 g/mol. The lowest BCUT2D eigenvalue weighted by molar-refractivity contribution is 1.06. The van der Waals surface area contributed by atoms with Crippen LogP contribution in [0.4, 0.5) is 0 Å². The van der Waals surface area contributed by atoms with Gasteiger partial charge >= 0.3 is 0 Å². The van der Waals surface area contributed by atoms with Crippen LogP contribution in [0.15, 0.2) is 28.4 Å². The molecule has 12 heavy (non-hydrogen) atoms. The lowest BCUT2D eigenvalue weighted by Gasteiger charge is -1.99. The Morgan fingerprint density at radius 3 is 2.42 bits per heavy atom. The molecule has 0 aliphatic rings. The number of hydrogen-bond acceptors (Lipinski definition) is 1. The molecule has 1 nitrogen and oxygen atoms in total. The summed E-state index contributed by atoms with van der Waals surface area (Å²) in [6.45, 7) is 8.39. The Hall–Kier alpha value is -0.850. The van der Waals surface area contributed by atoms with Gasteiger partial charge in [0.15, 0.2) is 0 Å². The summed E-state index contributed by atoms with van der Waals surface area (Å²) in [7, 11) is 0. The number of rotatable bonds is 4. The SMILES string of the molecule is C/C=C\C(N=CCC)=C(/C)CC. The Kier molecular flexibility index (Phi) is 6.35. The van der Waals surface area contributed by atoms with E-state index in [-0.39, 0.29) is 0 Å². The topological polar surface area (TPSA) is 12.4 Å². The van der Waals surface area contributed by atoms with Crippen LogP contribution in [0.3, 0.4) is 0 Å². The maximum Gasteiger partial charge on any atom is 0.0611 e. The van der Waals surface area contributed by atoms with Crippen molar-refractivity contribution in [2.75, 3.05) is 0 Å². The van der Waals surface area contributed by atoms with Gasteiger partial charge in [0.25, 0.3) is 0 Å². The van der Waals surface area contributed by atoms with Gasteiger partial charge in [-0.1, -0.05) is 19.9 Å². The molecular formula is C11H19N. The first-order valence-corrected chi connectivity index (χ1v) is 4.61. The van der Waals surface area contributed by atoms with E-state index in [4.69, 9.17) is 0 Å². The molecule has 0 aromatic heterocycles. The van der Waals surface area contributed by atoms with Crippen LogP contribution in [0.1, 0.15) is 40.5 Å². The van der Waals surface area contributed by atoms with E-state index in [9.17, 15) is 0 Å². The van der Waals surface area contributed by atoms with Crippen LogP contribution in [0.5, 0.6) is 0 Å². The zero-order valence-electron chi connectivity index (χ0n) is 8.59. The highest BCUT2D eigenvalue weighted by Crippen LogP contribution is 2.10.